The number of guanidine groups is 1. The zero-order chi connectivity index (χ0) is 19.8. The smallest absolute Gasteiger partial charge is 0.191 e. The summed E-state index contributed by atoms with van der Waals surface area (Å²) in [4.78, 5) is 6.68. The van der Waals surface area contributed by atoms with Crippen LogP contribution in [0.4, 0.5) is 0 Å². The van der Waals surface area contributed by atoms with Crippen LogP contribution in [0, 0.1) is 0 Å². The van der Waals surface area contributed by atoms with Crippen molar-refractivity contribution in [1.82, 2.24) is 15.5 Å². The third-order valence-electron chi connectivity index (χ3n) is 5.02. The maximum Gasteiger partial charge on any atom is 0.191 e. The van der Waals surface area contributed by atoms with E-state index in [1.54, 1.807) is 7.05 Å². The van der Waals surface area contributed by atoms with E-state index in [1.807, 2.05) is 24.3 Å². The van der Waals surface area contributed by atoms with E-state index in [0.717, 1.165) is 49.0 Å². The molecule has 5 nitrogen and oxygen atoms in total. The van der Waals surface area contributed by atoms with E-state index in [-0.39, 0.29) is 30.1 Å². The van der Waals surface area contributed by atoms with Gasteiger partial charge in [0.05, 0.1) is 6.10 Å². The van der Waals surface area contributed by atoms with Crippen LogP contribution in [-0.2, 0) is 19.6 Å². The van der Waals surface area contributed by atoms with Gasteiger partial charge in [0.1, 0.15) is 0 Å². The zero-order valence-corrected chi connectivity index (χ0v) is 19.9. The number of piperidine rings is 1. The Bertz CT molecular complexity index is 777. The van der Waals surface area contributed by atoms with Crippen LogP contribution in [0.25, 0.3) is 0 Å². The molecule has 1 heterocycles. The maximum atomic E-state index is 9.61. The number of hydrogen-bond acceptors (Lipinski definition) is 3. The summed E-state index contributed by atoms with van der Waals surface area (Å²) in [5.74, 6) is 0.760. The summed E-state index contributed by atoms with van der Waals surface area (Å²) in [7, 11) is 1.77. The highest BCUT2D eigenvalue weighted by Gasteiger charge is 2.16. The van der Waals surface area contributed by atoms with E-state index in [0.29, 0.717) is 13.1 Å². The lowest BCUT2D eigenvalue weighted by atomic mass is 10.1. The van der Waals surface area contributed by atoms with Crippen LogP contribution in [0.5, 0.6) is 0 Å². The van der Waals surface area contributed by atoms with Gasteiger partial charge in [-0.05, 0) is 41.7 Å². The highest BCUT2D eigenvalue weighted by molar-refractivity contribution is 14.0. The van der Waals surface area contributed by atoms with Gasteiger partial charge in [-0.25, -0.2) is 0 Å². The van der Waals surface area contributed by atoms with Gasteiger partial charge in [-0.2, -0.15) is 0 Å². The minimum absolute atomic E-state index is 0. The fraction of sp³-hybridized carbons (Fsp3) is 0.409. The van der Waals surface area contributed by atoms with Crippen LogP contribution in [-0.4, -0.2) is 42.2 Å². The molecule has 1 aliphatic heterocycles. The summed E-state index contributed by atoms with van der Waals surface area (Å²) in [6, 6.07) is 16.5. The van der Waals surface area contributed by atoms with Gasteiger partial charge in [0.2, 0.25) is 0 Å². The summed E-state index contributed by atoms with van der Waals surface area (Å²) in [5, 5.41) is 17.0. The Labute approximate surface area is 195 Å². The van der Waals surface area contributed by atoms with Gasteiger partial charge in [0.15, 0.2) is 5.96 Å². The van der Waals surface area contributed by atoms with Crippen LogP contribution in [0.15, 0.2) is 53.5 Å². The Balaban J connectivity index is 0.00000300. The summed E-state index contributed by atoms with van der Waals surface area (Å²) in [5.41, 5.74) is 3.64. The Morgan fingerprint density at radius 1 is 1.03 bits per heavy atom. The van der Waals surface area contributed by atoms with Gasteiger partial charge in [-0.15, -0.1) is 24.0 Å². The molecule has 0 atom stereocenters. The molecule has 29 heavy (non-hydrogen) atoms. The maximum absolute atomic E-state index is 9.61. The van der Waals surface area contributed by atoms with Gasteiger partial charge < -0.3 is 15.7 Å². The SMILES string of the molecule is CN=C(NCc1ccc(CN2CCC(O)CC2)cc1)NCc1cccc(Cl)c1.I. The molecule has 3 N–H and O–H groups in total. The van der Waals surface area contributed by atoms with Crippen molar-refractivity contribution >= 4 is 41.5 Å². The number of aliphatic imine (C=N–C) groups is 1. The molecule has 158 valence electrons. The van der Waals surface area contributed by atoms with Gasteiger partial charge >= 0.3 is 0 Å². The van der Waals surface area contributed by atoms with Crippen LogP contribution in [0.2, 0.25) is 5.02 Å². The van der Waals surface area contributed by atoms with E-state index >= 15 is 0 Å². The molecule has 1 saturated heterocycles. The second kappa shape index (κ2) is 12.4. The van der Waals surface area contributed by atoms with Crippen molar-refractivity contribution in [3.8, 4) is 0 Å². The van der Waals surface area contributed by atoms with Crippen molar-refractivity contribution < 1.29 is 5.11 Å². The number of halogens is 2. The number of rotatable bonds is 6. The van der Waals surface area contributed by atoms with Crippen molar-refractivity contribution in [1.29, 1.82) is 0 Å². The predicted molar refractivity (Wildman–Crippen MR) is 131 cm³/mol. The largest absolute Gasteiger partial charge is 0.393 e. The second-order valence-electron chi connectivity index (χ2n) is 7.23. The fourth-order valence-electron chi connectivity index (χ4n) is 3.34. The van der Waals surface area contributed by atoms with E-state index in [2.05, 4.69) is 44.8 Å². The molecule has 0 aliphatic carbocycles. The Morgan fingerprint density at radius 3 is 2.28 bits per heavy atom. The lowest BCUT2D eigenvalue weighted by Gasteiger charge is -2.29. The van der Waals surface area contributed by atoms with Crippen LogP contribution < -0.4 is 10.6 Å². The number of likely N-dealkylation sites (tertiary alicyclic amines) is 1. The first-order chi connectivity index (χ1) is 13.6. The Hall–Kier alpha value is -1.35. The van der Waals surface area contributed by atoms with Gasteiger partial charge in [-0.1, -0.05) is 48.0 Å². The lowest BCUT2D eigenvalue weighted by molar-refractivity contribution is 0.0792. The van der Waals surface area contributed by atoms with Crippen molar-refractivity contribution in [3.63, 3.8) is 0 Å². The first-order valence-electron chi connectivity index (χ1n) is 9.79. The first kappa shape index (κ1) is 23.9. The molecule has 0 radical (unpaired) electrons. The number of aliphatic hydroxyl groups excluding tert-OH is 1. The van der Waals surface area contributed by atoms with Crippen LogP contribution in [0.1, 0.15) is 29.5 Å². The summed E-state index contributed by atoms with van der Waals surface area (Å²) < 4.78 is 0. The van der Waals surface area contributed by atoms with E-state index in [9.17, 15) is 5.11 Å². The molecular weight excluding hydrogens is 499 g/mol. The normalized spacial score (nSPS) is 15.6. The Kier molecular flexibility index (Phi) is 10.2. The molecule has 0 bridgehead atoms. The molecule has 0 unspecified atom stereocenters. The highest BCUT2D eigenvalue weighted by atomic mass is 127. The molecule has 7 heteroatoms. The third-order valence-corrected chi connectivity index (χ3v) is 5.25. The molecular formula is C22H30ClIN4O. The van der Waals surface area contributed by atoms with Crippen LogP contribution in [0.3, 0.4) is 0 Å². The predicted octanol–water partition coefficient (Wildman–Crippen LogP) is 3.78. The van der Waals surface area contributed by atoms with Gasteiger partial charge in [0, 0.05) is 44.8 Å². The molecule has 2 aromatic carbocycles. The average Bonchev–Trinajstić information content (AvgIpc) is 2.71. The summed E-state index contributed by atoms with van der Waals surface area (Å²) in [6.45, 7) is 4.27. The van der Waals surface area contributed by atoms with E-state index in [4.69, 9.17) is 11.6 Å². The highest BCUT2D eigenvalue weighted by Crippen LogP contribution is 2.14. The topological polar surface area (TPSA) is 59.9 Å². The molecule has 0 amide bonds. The van der Waals surface area contributed by atoms with Crippen molar-refractivity contribution in [2.24, 2.45) is 4.99 Å². The second-order valence-corrected chi connectivity index (χ2v) is 7.67. The van der Waals surface area contributed by atoms with Gasteiger partial charge in [0.25, 0.3) is 0 Å². The number of hydrogen-bond donors (Lipinski definition) is 3. The third kappa shape index (κ3) is 8.12. The number of nitrogens with zero attached hydrogens (tertiary/aromatic N) is 2. The number of nitrogens with one attached hydrogen (secondary N) is 2. The molecule has 0 spiro atoms. The monoisotopic (exact) mass is 528 g/mol. The number of aliphatic hydroxyl groups is 1. The molecule has 1 aliphatic rings. The standard InChI is InChI=1S/C22H29ClN4O.HI/c1-24-22(26-15-19-3-2-4-20(23)13-19)25-14-17-5-7-18(8-6-17)16-27-11-9-21(28)10-12-27;/h2-8,13,21,28H,9-12,14-16H2,1H3,(H2,24,25,26);1H. The fourth-order valence-corrected chi connectivity index (χ4v) is 3.55. The number of benzene rings is 2. The molecule has 0 aromatic heterocycles. The van der Waals surface area contributed by atoms with Crippen LogP contribution >= 0.6 is 35.6 Å². The Morgan fingerprint density at radius 2 is 1.66 bits per heavy atom. The van der Waals surface area contributed by atoms with Crippen molar-refractivity contribution in [2.75, 3.05) is 20.1 Å². The lowest BCUT2D eigenvalue weighted by Crippen LogP contribution is -2.36. The van der Waals surface area contributed by atoms with Crippen molar-refractivity contribution in [3.05, 3.63) is 70.2 Å². The minimum atomic E-state index is -0.119. The van der Waals surface area contributed by atoms with Gasteiger partial charge in [-0.3, -0.25) is 9.89 Å². The zero-order valence-electron chi connectivity index (χ0n) is 16.8. The quantitative estimate of drug-likeness (QED) is 0.303. The van der Waals surface area contributed by atoms with E-state index in [1.165, 1.54) is 11.1 Å². The van der Waals surface area contributed by atoms with Crippen molar-refractivity contribution in [2.45, 2.75) is 38.6 Å². The minimum Gasteiger partial charge on any atom is -0.393 e. The molecule has 1 fully saturated rings. The summed E-state index contributed by atoms with van der Waals surface area (Å²) >= 11 is 6.03. The molecule has 0 saturated carbocycles. The summed E-state index contributed by atoms with van der Waals surface area (Å²) in [6.07, 6.45) is 1.64. The van der Waals surface area contributed by atoms with E-state index < -0.39 is 0 Å². The molecule has 3 rings (SSSR count). The first-order valence-corrected chi connectivity index (χ1v) is 10.2. The molecule has 2 aromatic rings. The average molecular weight is 529 g/mol.